The highest BCUT2D eigenvalue weighted by Crippen LogP contribution is 2.26. The lowest BCUT2D eigenvalue weighted by Gasteiger charge is -2.18. The van der Waals surface area contributed by atoms with Crippen LogP contribution in [-0.4, -0.2) is 21.2 Å². The summed E-state index contributed by atoms with van der Waals surface area (Å²) in [6.07, 6.45) is 0. The number of carbonyl (C=O) groups is 1. The van der Waals surface area contributed by atoms with Crippen molar-refractivity contribution in [3.05, 3.63) is 69.3 Å². The van der Waals surface area contributed by atoms with E-state index < -0.39 is 10.8 Å². The first kappa shape index (κ1) is 17.5. The Morgan fingerprint density at radius 1 is 1.21 bits per heavy atom. The van der Waals surface area contributed by atoms with Crippen molar-refractivity contribution in [2.75, 3.05) is 5.06 Å². The Labute approximate surface area is 143 Å². The number of benzene rings is 2. The number of aryl methyl sites for hydroxylation is 2. The molecule has 124 valence electrons. The van der Waals surface area contributed by atoms with Crippen LogP contribution in [0.5, 0.6) is 0 Å². The molecule has 0 unspecified atom stereocenters. The van der Waals surface area contributed by atoms with E-state index >= 15 is 0 Å². The number of thiocarbonyl (C=S) groups is 1. The van der Waals surface area contributed by atoms with E-state index in [0.717, 1.165) is 11.1 Å². The largest absolute Gasteiger partial charge is 0.297 e. The summed E-state index contributed by atoms with van der Waals surface area (Å²) in [5, 5.41) is 23.5. The molecule has 0 heterocycles. The van der Waals surface area contributed by atoms with Gasteiger partial charge < -0.3 is 0 Å². The standard InChI is InChI=1S/C16H15N3O4S/c1-10-7-11(2)9-12(8-10)15(20)17-16(24)18(21)13-5-3-4-6-14(13)19(22)23/h3-9,21H,1-2H3,(H,17,20,24). The number of hydrogen-bond donors (Lipinski definition) is 2. The average molecular weight is 345 g/mol. The summed E-state index contributed by atoms with van der Waals surface area (Å²) in [5.41, 5.74) is 1.73. The Kier molecular flexibility index (Phi) is 5.22. The molecule has 1 amide bonds. The average Bonchev–Trinajstić information content (AvgIpc) is 2.53. The number of nitrogens with zero attached hydrogens (tertiary/aromatic N) is 2. The second kappa shape index (κ2) is 7.16. The Morgan fingerprint density at radius 2 is 1.79 bits per heavy atom. The summed E-state index contributed by atoms with van der Waals surface area (Å²) in [7, 11) is 0. The number of amides is 1. The van der Waals surface area contributed by atoms with Crippen LogP contribution < -0.4 is 10.4 Å². The van der Waals surface area contributed by atoms with Gasteiger partial charge in [-0.25, -0.2) is 0 Å². The zero-order valence-electron chi connectivity index (χ0n) is 13.0. The maximum atomic E-state index is 12.2. The maximum Gasteiger partial charge on any atom is 0.295 e. The number of rotatable bonds is 3. The van der Waals surface area contributed by atoms with Crippen molar-refractivity contribution in [3.63, 3.8) is 0 Å². The van der Waals surface area contributed by atoms with Crippen molar-refractivity contribution in [1.82, 2.24) is 5.32 Å². The summed E-state index contributed by atoms with van der Waals surface area (Å²) in [4.78, 5) is 22.6. The van der Waals surface area contributed by atoms with E-state index in [1.54, 1.807) is 12.1 Å². The fraction of sp³-hybridized carbons (Fsp3) is 0.125. The first-order valence-electron chi connectivity index (χ1n) is 6.95. The van der Waals surface area contributed by atoms with Gasteiger partial charge in [0.15, 0.2) is 0 Å². The van der Waals surface area contributed by atoms with Crippen LogP contribution in [0.15, 0.2) is 42.5 Å². The van der Waals surface area contributed by atoms with Gasteiger partial charge in [0.2, 0.25) is 5.11 Å². The van der Waals surface area contributed by atoms with Gasteiger partial charge in [0.05, 0.1) is 4.92 Å². The number of para-hydroxylation sites is 2. The first-order chi connectivity index (χ1) is 11.3. The molecule has 0 fully saturated rings. The van der Waals surface area contributed by atoms with Gasteiger partial charge in [0, 0.05) is 11.6 Å². The summed E-state index contributed by atoms with van der Waals surface area (Å²) in [5.74, 6) is -0.510. The number of carbonyl (C=O) groups excluding carboxylic acids is 1. The minimum atomic E-state index is -0.646. The Balaban J connectivity index is 2.20. The zero-order chi connectivity index (χ0) is 17.9. The van der Waals surface area contributed by atoms with Crippen LogP contribution in [0.1, 0.15) is 21.5 Å². The molecule has 0 saturated carbocycles. The summed E-state index contributed by atoms with van der Waals surface area (Å²) < 4.78 is 0. The van der Waals surface area contributed by atoms with Crippen molar-refractivity contribution in [3.8, 4) is 0 Å². The Hall–Kier alpha value is -2.84. The minimum Gasteiger partial charge on any atom is -0.297 e. The predicted octanol–water partition coefficient (Wildman–Crippen LogP) is 3.12. The molecule has 0 aliphatic carbocycles. The topological polar surface area (TPSA) is 95.7 Å². The molecule has 2 aromatic carbocycles. The summed E-state index contributed by atoms with van der Waals surface area (Å²) >= 11 is 4.97. The summed E-state index contributed by atoms with van der Waals surface area (Å²) in [6, 6.07) is 10.8. The Bertz CT molecular complexity index is 802. The molecule has 7 nitrogen and oxygen atoms in total. The predicted molar refractivity (Wildman–Crippen MR) is 93.3 cm³/mol. The number of nitro benzene ring substituents is 1. The number of nitro groups is 1. The molecule has 0 aliphatic heterocycles. The van der Waals surface area contributed by atoms with Gasteiger partial charge >= 0.3 is 0 Å². The SMILES string of the molecule is Cc1cc(C)cc(C(=O)NC(=S)N(O)c2ccccc2[N+](=O)[O-])c1. The van der Waals surface area contributed by atoms with E-state index in [0.29, 0.717) is 10.6 Å². The molecule has 0 spiro atoms. The molecule has 0 radical (unpaired) electrons. The molecule has 0 aromatic heterocycles. The molecule has 0 aliphatic rings. The molecular formula is C16H15N3O4S. The summed E-state index contributed by atoms with van der Waals surface area (Å²) in [6.45, 7) is 3.71. The van der Waals surface area contributed by atoms with Gasteiger partial charge in [0.25, 0.3) is 11.6 Å². The maximum absolute atomic E-state index is 12.2. The fourth-order valence-electron chi connectivity index (χ4n) is 2.24. The van der Waals surface area contributed by atoms with Gasteiger partial charge in [-0.15, -0.1) is 0 Å². The number of nitrogens with one attached hydrogen (secondary N) is 1. The van der Waals surface area contributed by atoms with Crippen molar-refractivity contribution in [2.24, 2.45) is 0 Å². The van der Waals surface area contributed by atoms with Gasteiger partial charge in [-0.05, 0) is 44.3 Å². The van der Waals surface area contributed by atoms with Gasteiger partial charge in [0.1, 0.15) is 5.69 Å². The van der Waals surface area contributed by atoms with Gasteiger partial charge in [-0.3, -0.25) is 25.4 Å². The fourth-order valence-corrected chi connectivity index (χ4v) is 2.43. The van der Waals surface area contributed by atoms with Crippen molar-refractivity contribution < 1.29 is 14.9 Å². The quantitative estimate of drug-likeness (QED) is 0.504. The molecule has 0 bridgehead atoms. The molecule has 24 heavy (non-hydrogen) atoms. The molecule has 2 rings (SSSR count). The second-order valence-electron chi connectivity index (χ2n) is 5.19. The highest BCUT2D eigenvalue weighted by molar-refractivity contribution is 7.80. The molecule has 8 heteroatoms. The van der Waals surface area contributed by atoms with E-state index in [9.17, 15) is 20.1 Å². The Morgan fingerprint density at radius 3 is 2.38 bits per heavy atom. The van der Waals surface area contributed by atoms with E-state index in [1.807, 2.05) is 19.9 Å². The highest BCUT2D eigenvalue weighted by atomic mass is 32.1. The molecule has 2 aromatic rings. The van der Waals surface area contributed by atoms with Crippen molar-refractivity contribution in [1.29, 1.82) is 0 Å². The zero-order valence-corrected chi connectivity index (χ0v) is 13.8. The lowest BCUT2D eigenvalue weighted by Crippen LogP contribution is -2.41. The van der Waals surface area contributed by atoms with Crippen LogP contribution in [0, 0.1) is 24.0 Å². The third kappa shape index (κ3) is 3.92. The lowest BCUT2D eigenvalue weighted by atomic mass is 10.1. The first-order valence-corrected chi connectivity index (χ1v) is 7.36. The van der Waals surface area contributed by atoms with Crippen molar-refractivity contribution in [2.45, 2.75) is 13.8 Å². The van der Waals surface area contributed by atoms with Crippen molar-refractivity contribution >= 4 is 34.6 Å². The van der Waals surface area contributed by atoms with Gasteiger partial charge in [-0.2, -0.15) is 5.06 Å². The molecule has 0 atom stereocenters. The molecular weight excluding hydrogens is 330 g/mol. The van der Waals surface area contributed by atoms with Crippen LogP contribution in [-0.2, 0) is 0 Å². The van der Waals surface area contributed by atoms with E-state index in [-0.39, 0.29) is 16.5 Å². The third-order valence-corrected chi connectivity index (χ3v) is 3.48. The number of anilines is 1. The molecule has 0 saturated heterocycles. The lowest BCUT2D eigenvalue weighted by molar-refractivity contribution is -0.384. The van der Waals surface area contributed by atoms with Crippen LogP contribution in [0.25, 0.3) is 0 Å². The van der Waals surface area contributed by atoms with Crippen LogP contribution >= 0.6 is 12.2 Å². The van der Waals surface area contributed by atoms with Crippen LogP contribution in [0.3, 0.4) is 0 Å². The van der Waals surface area contributed by atoms with E-state index in [4.69, 9.17) is 12.2 Å². The van der Waals surface area contributed by atoms with Crippen LogP contribution in [0.4, 0.5) is 11.4 Å². The molecule has 2 N–H and O–H groups in total. The third-order valence-electron chi connectivity index (χ3n) is 3.20. The number of hydrogen-bond acceptors (Lipinski definition) is 5. The second-order valence-corrected chi connectivity index (χ2v) is 5.58. The van der Waals surface area contributed by atoms with E-state index in [1.165, 1.54) is 24.3 Å². The highest BCUT2D eigenvalue weighted by Gasteiger charge is 2.22. The van der Waals surface area contributed by atoms with E-state index in [2.05, 4.69) is 5.32 Å². The van der Waals surface area contributed by atoms with Crippen LogP contribution in [0.2, 0.25) is 0 Å². The normalized spacial score (nSPS) is 10.1. The minimum absolute atomic E-state index is 0.131. The smallest absolute Gasteiger partial charge is 0.295 e. The van der Waals surface area contributed by atoms with Gasteiger partial charge in [-0.1, -0.05) is 29.3 Å². The number of hydroxylamine groups is 1. The monoisotopic (exact) mass is 345 g/mol.